The molecule has 5 heteroatoms. The van der Waals surface area contributed by atoms with Crippen molar-refractivity contribution >= 4 is 5.91 Å². The fourth-order valence-corrected chi connectivity index (χ4v) is 3.20. The van der Waals surface area contributed by atoms with Gasteiger partial charge in [-0.05, 0) is 35.2 Å². The number of hydrogen-bond donors (Lipinski definition) is 1. The molecule has 0 bridgehead atoms. The summed E-state index contributed by atoms with van der Waals surface area (Å²) in [5.74, 6) is 1.25. The normalized spacial score (nSPS) is 15.2. The number of carbonyl (C=O) groups is 1. The molecule has 1 N–H and O–H groups in total. The molecule has 1 aliphatic rings. The van der Waals surface area contributed by atoms with Crippen LogP contribution in [-0.4, -0.2) is 17.5 Å². The van der Waals surface area contributed by atoms with Gasteiger partial charge in [0.1, 0.15) is 19.0 Å². The molecule has 2 aromatic carbocycles. The molecule has 0 aliphatic carbocycles. The predicted octanol–water partition coefficient (Wildman–Crippen LogP) is 3.53. The van der Waals surface area contributed by atoms with Gasteiger partial charge in [0.2, 0.25) is 11.8 Å². The molecule has 2 heterocycles. The van der Waals surface area contributed by atoms with Crippen LogP contribution in [0.4, 0.5) is 0 Å². The molecule has 0 fully saturated rings. The zero-order valence-electron chi connectivity index (χ0n) is 15.5. The monoisotopic (exact) mass is 374 g/mol. The highest BCUT2D eigenvalue weighted by Crippen LogP contribution is 2.26. The van der Waals surface area contributed by atoms with Gasteiger partial charge >= 0.3 is 0 Å². The van der Waals surface area contributed by atoms with Crippen LogP contribution < -0.4 is 14.8 Å². The first-order valence-electron chi connectivity index (χ1n) is 9.38. The zero-order chi connectivity index (χ0) is 19.2. The predicted molar refractivity (Wildman–Crippen MR) is 106 cm³/mol. The van der Waals surface area contributed by atoms with Crippen LogP contribution in [0, 0.1) is 5.92 Å². The van der Waals surface area contributed by atoms with E-state index in [-0.39, 0.29) is 11.8 Å². The van der Waals surface area contributed by atoms with Gasteiger partial charge in [-0.2, -0.15) is 0 Å². The molecule has 0 saturated heterocycles. The van der Waals surface area contributed by atoms with Crippen LogP contribution in [0.2, 0.25) is 0 Å². The van der Waals surface area contributed by atoms with E-state index < -0.39 is 0 Å². The number of benzene rings is 2. The molecule has 5 nitrogen and oxygen atoms in total. The van der Waals surface area contributed by atoms with Crippen LogP contribution in [0.3, 0.4) is 0 Å². The van der Waals surface area contributed by atoms with Crippen LogP contribution >= 0.6 is 0 Å². The molecule has 142 valence electrons. The fraction of sp³-hybridized carbons (Fsp3) is 0.217. The average molecular weight is 374 g/mol. The number of hydrogen-bond acceptors (Lipinski definition) is 4. The molecule has 0 saturated carbocycles. The summed E-state index contributed by atoms with van der Waals surface area (Å²) in [7, 11) is 0. The lowest BCUT2D eigenvalue weighted by molar-refractivity contribution is -0.126. The Hall–Kier alpha value is -3.34. The zero-order valence-corrected chi connectivity index (χ0v) is 15.5. The number of ether oxygens (including phenoxy) is 2. The second-order valence-electron chi connectivity index (χ2n) is 6.81. The minimum Gasteiger partial charge on any atom is -0.492 e. The molecule has 3 aromatic rings. The smallest absolute Gasteiger partial charge is 0.227 e. The molecule has 1 amide bonds. The van der Waals surface area contributed by atoms with Crippen LogP contribution in [0.1, 0.15) is 16.7 Å². The summed E-state index contributed by atoms with van der Waals surface area (Å²) in [4.78, 5) is 16.8. The van der Waals surface area contributed by atoms with Gasteiger partial charge in [-0.25, -0.2) is 4.98 Å². The van der Waals surface area contributed by atoms with Crippen LogP contribution in [0.25, 0.3) is 0 Å². The maximum absolute atomic E-state index is 12.5. The van der Waals surface area contributed by atoms with Crippen molar-refractivity contribution < 1.29 is 14.3 Å². The number of para-hydroxylation sites is 1. The summed E-state index contributed by atoms with van der Waals surface area (Å²) in [5.41, 5.74) is 3.11. The molecule has 0 spiro atoms. The highest BCUT2D eigenvalue weighted by Gasteiger charge is 2.25. The maximum Gasteiger partial charge on any atom is 0.227 e. The van der Waals surface area contributed by atoms with Gasteiger partial charge in [0.15, 0.2) is 0 Å². The number of fused-ring (bicyclic) bond motifs is 1. The van der Waals surface area contributed by atoms with Crippen molar-refractivity contribution in [2.45, 2.75) is 19.6 Å². The van der Waals surface area contributed by atoms with Crippen molar-refractivity contribution in [3.8, 4) is 11.6 Å². The minimum absolute atomic E-state index is 0.00179. The molecular formula is C23H22N2O3. The van der Waals surface area contributed by atoms with Crippen molar-refractivity contribution in [2.75, 3.05) is 6.61 Å². The number of pyridine rings is 1. The number of aromatic nitrogens is 1. The Kier molecular flexibility index (Phi) is 5.52. The third-order valence-corrected chi connectivity index (χ3v) is 4.75. The first-order valence-corrected chi connectivity index (χ1v) is 9.38. The van der Waals surface area contributed by atoms with Crippen LogP contribution in [0.15, 0.2) is 72.9 Å². The van der Waals surface area contributed by atoms with Crippen LogP contribution in [-0.2, 0) is 24.4 Å². The fourth-order valence-electron chi connectivity index (χ4n) is 3.20. The van der Waals surface area contributed by atoms with Crippen molar-refractivity contribution in [2.24, 2.45) is 5.92 Å². The highest BCUT2D eigenvalue weighted by atomic mass is 16.5. The molecule has 1 unspecified atom stereocenters. The van der Waals surface area contributed by atoms with Crippen molar-refractivity contribution in [3.05, 3.63) is 89.6 Å². The Bertz CT molecular complexity index is 943. The number of nitrogens with one attached hydrogen (secondary N) is 1. The topological polar surface area (TPSA) is 60.5 Å². The van der Waals surface area contributed by atoms with E-state index >= 15 is 0 Å². The molecule has 1 aromatic heterocycles. The van der Waals surface area contributed by atoms with Crippen molar-refractivity contribution in [3.63, 3.8) is 0 Å². The maximum atomic E-state index is 12.5. The quantitative estimate of drug-likeness (QED) is 0.717. The molecule has 0 radical (unpaired) electrons. The second kappa shape index (κ2) is 8.57. The van der Waals surface area contributed by atoms with Gasteiger partial charge in [-0.3, -0.25) is 4.79 Å². The van der Waals surface area contributed by atoms with Gasteiger partial charge in [0.25, 0.3) is 0 Å². The number of nitrogens with zero attached hydrogens (tertiary/aromatic N) is 1. The third-order valence-electron chi connectivity index (χ3n) is 4.75. The van der Waals surface area contributed by atoms with Gasteiger partial charge in [-0.15, -0.1) is 0 Å². The van der Waals surface area contributed by atoms with Gasteiger partial charge in [0.05, 0.1) is 5.92 Å². The Morgan fingerprint density at radius 2 is 1.89 bits per heavy atom. The van der Waals surface area contributed by atoms with E-state index in [1.165, 1.54) is 0 Å². The molecular weight excluding hydrogens is 352 g/mol. The average Bonchev–Trinajstić information content (AvgIpc) is 2.77. The minimum atomic E-state index is -0.175. The van der Waals surface area contributed by atoms with E-state index in [1.54, 1.807) is 6.20 Å². The second-order valence-corrected chi connectivity index (χ2v) is 6.81. The Labute approximate surface area is 164 Å². The van der Waals surface area contributed by atoms with Crippen molar-refractivity contribution in [1.29, 1.82) is 0 Å². The molecule has 1 atom stereocenters. The first kappa shape index (κ1) is 18.0. The van der Waals surface area contributed by atoms with Gasteiger partial charge < -0.3 is 14.8 Å². The van der Waals surface area contributed by atoms with E-state index in [0.717, 1.165) is 22.4 Å². The Morgan fingerprint density at radius 3 is 2.79 bits per heavy atom. The molecule has 1 aliphatic heterocycles. The van der Waals surface area contributed by atoms with E-state index in [4.69, 9.17) is 9.47 Å². The lowest BCUT2D eigenvalue weighted by Gasteiger charge is -2.24. The lowest BCUT2D eigenvalue weighted by atomic mass is 9.96. The van der Waals surface area contributed by atoms with E-state index in [0.29, 0.717) is 32.1 Å². The number of carbonyl (C=O) groups excluding carboxylic acids is 1. The number of rotatable bonds is 6. The molecule has 4 rings (SSSR count). The van der Waals surface area contributed by atoms with Gasteiger partial charge in [0, 0.05) is 18.8 Å². The van der Waals surface area contributed by atoms with E-state index in [1.807, 2.05) is 66.7 Å². The Balaban J connectivity index is 1.30. The molecule has 28 heavy (non-hydrogen) atoms. The van der Waals surface area contributed by atoms with E-state index in [9.17, 15) is 4.79 Å². The van der Waals surface area contributed by atoms with Gasteiger partial charge in [-0.1, -0.05) is 48.5 Å². The summed E-state index contributed by atoms with van der Waals surface area (Å²) in [6.07, 6.45) is 2.39. The summed E-state index contributed by atoms with van der Waals surface area (Å²) < 4.78 is 11.5. The van der Waals surface area contributed by atoms with E-state index in [2.05, 4.69) is 10.3 Å². The van der Waals surface area contributed by atoms with Crippen LogP contribution in [0.5, 0.6) is 11.6 Å². The SMILES string of the molecule is O=C(NCc1ccnc(OCc2ccccc2)c1)C1COc2ccccc2C1. The van der Waals surface area contributed by atoms with Crippen molar-refractivity contribution in [1.82, 2.24) is 10.3 Å². The summed E-state index contributed by atoms with van der Waals surface area (Å²) in [6.45, 7) is 1.30. The highest BCUT2D eigenvalue weighted by molar-refractivity contribution is 5.79. The standard InChI is InChI=1S/C23H22N2O3/c26-23(20-13-19-8-4-5-9-21(19)27-16-20)25-14-18-10-11-24-22(12-18)28-15-17-6-2-1-3-7-17/h1-12,20H,13-16H2,(H,25,26). The first-order chi connectivity index (χ1) is 13.8. The summed E-state index contributed by atoms with van der Waals surface area (Å²) in [6, 6.07) is 21.5. The Morgan fingerprint density at radius 1 is 1.07 bits per heavy atom. The third kappa shape index (κ3) is 4.49. The summed E-state index contributed by atoms with van der Waals surface area (Å²) >= 11 is 0. The largest absolute Gasteiger partial charge is 0.492 e. The summed E-state index contributed by atoms with van der Waals surface area (Å²) in [5, 5.41) is 3.00. The number of amides is 1. The lowest BCUT2D eigenvalue weighted by Crippen LogP contribution is -2.37.